The Morgan fingerprint density at radius 2 is 2.04 bits per heavy atom. The van der Waals surface area contributed by atoms with Gasteiger partial charge in [0.2, 0.25) is 0 Å². The molecule has 1 N–H and O–H groups in total. The molecule has 124 valence electrons. The predicted octanol–water partition coefficient (Wildman–Crippen LogP) is 4.11. The van der Waals surface area contributed by atoms with Crippen molar-refractivity contribution in [1.29, 1.82) is 0 Å². The summed E-state index contributed by atoms with van der Waals surface area (Å²) in [5.74, 6) is 0.194. The summed E-state index contributed by atoms with van der Waals surface area (Å²) < 4.78 is 5.53. The van der Waals surface area contributed by atoms with E-state index in [1.54, 1.807) is 37.3 Å². The van der Waals surface area contributed by atoms with Crippen LogP contribution in [0.25, 0.3) is 0 Å². The molecule has 0 unspecified atom stereocenters. The maximum absolute atomic E-state index is 12.4. The van der Waals surface area contributed by atoms with Gasteiger partial charge in [0.1, 0.15) is 12.4 Å². The van der Waals surface area contributed by atoms with Crippen molar-refractivity contribution in [3.05, 3.63) is 75.9 Å². The van der Waals surface area contributed by atoms with Gasteiger partial charge in [-0.15, -0.1) is 0 Å². The number of anilines is 1. The second-order valence-corrected chi connectivity index (χ2v) is 5.48. The average Bonchev–Trinajstić information content (AvgIpc) is 2.53. The number of nitrogens with zero attached hydrogens (tertiary/aromatic N) is 1. The van der Waals surface area contributed by atoms with E-state index in [0.717, 1.165) is 5.57 Å². The van der Waals surface area contributed by atoms with Crippen LogP contribution in [0.3, 0.4) is 0 Å². The van der Waals surface area contributed by atoms with Crippen LogP contribution in [0.5, 0.6) is 5.75 Å². The van der Waals surface area contributed by atoms with Crippen molar-refractivity contribution in [2.24, 2.45) is 0 Å². The monoisotopic (exact) mass is 326 g/mol. The van der Waals surface area contributed by atoms with Crippen molar-refractivity contribution in [3.63, 3.8) is 0 Å². The SMILES string of the molecule is C=C(C)COc1cccc(NC(=O)c2cc([N+](=O)[O-])ccc2C)c1. The quantitative estimate of drug-likeness (QED) is 0.492. The summed E-state index contributed by atoms with van der Waals surface area (Å²) in [7, 11) is 0. The number of hydrogen-bond acceptors (Lipinski definition) is 4. The molecular weight excluding hydrogens is 308 g/mol. The van der Waals surface area contributed by atoms with E-state index in [-0.39, 0.29) is 11.3 Å². The minimum Gasteiger partial charge on any atom is -0.489 e. The van der Waals surface area contributed by atoms with Crippen LogP contribution in [0.15, 0.2) is 54.6 Å². The number of nitro groups is 1. The number of nitro benzene ring substituents is 1. The van der Waals surface area contributed by atoms with E-state index in [4.69, 9.17) is 4.74 Å². The molecule has 2 aromatic rings. The highest BCUT2D eigenvalue weighted by Gasteiger charge is 2.15. The molecule has 0 aliphatic rings. The van der Waals surface area contributed by atoms with Gasteiger partial charge in [-0.05, 0) is 37.1 Å². The Bertz CT molecular complexity index is 799. The fraction of sp³-hybridized carbons (Fsp3) is 0.167. The van der Waals surface area contributed by atoms with Crippen molar-refractivity contribution in [3.8, 4) is 5.75 Å². The minimum atomic E-state index is -0.525. The summed E-state index contributed by atoms with van der Waals surface area (Å²) >= 11 is 0. The maximum Gasteiger partial charge on any atom is 0.270 e. The number of non-ortho nitro benzene ring substituents is 1. The lowest BCUT2D eigenvalue weighted by atomic mass is 10.1. The van der Waals surface area contributed by atoms with E-state index in [0.29, 0.717) is 23.6 Å². The van der Waals surface area contributed by atoms with Crippen LogP contribution in [-0.2, 0) is 0 Å². The average molecular weight is 326 g/mol. The second kappa shape index (κ2) is 7.41. The van der Waals surface area contributed by atoms with E-state index in [2.05, 4.69) is 11.9 Å². The van der Waals surface area contributed by atoms with E-state index in [1.807, 2.05) is 6.92 Å². The van der Waals surface area contributed by atoms with Crippen LogP contribution in [0.4, 0.5) is 11.4 Å². The van der Waals surface area contributed by atoms with Crippen molar-refractivity contribution in [2.45, 2.75) is 13.8 Å². The van der Waals surface area contributed by atoms with Crippen LogP contribution in [-0.4, -0.2) is 17.4 Å². The maximum atomic E-state index is 12.4. The molecule has 0 aliphatic heterocycles. The van der Waals surface area contributed by atoms with Crippen molar-refractivity contribution in [1.82, 2.24) is 0 Å². The Hall–Kier alpha value is -3.15. The van der Waals surface area contributed by atoms with Gasteiger partial charge in [-0.1, -0.05) is 18.7 Å². The number of benzene rings is 2. The Balaban J connectivity index is 2.18. The number of carbonyl (C=O) groups is 1. The summed E-state index contributed by atoms with van der Waals surface area (Å²) in [5, 5.41) is 13.6. The molecule has 1 amide bonds. The summed E-state index contributed by atoms with van der Waals surface area (Å²) in [5.41, 5.74) is 2.23. The van der Waals surface area contributed by atoms with Gasteiger partial charge in [0.25, 0.3) is 11.6 Å². The zero-order valence-electron chi connectivity index (χ0n) is 13.5. The molecule has 0 aromatic heterocycles. The Morgan fingerprint density at radius 3 is 2.71 bits per heavy atom. The van der Waals surface area contributed by atoms with Crippen LogP contribution in [0, 0.1) is 17.0 Å². The lowest BCUT2D eigenvalue weighted by Crippen LogP contribution is -2.13. The topological polar surface area (TPSA) is 81.5 Å². The van der Waals surface area contributed by atoms with Crippen LogP contribution >= 0.6 is 0 Å². The van der Waals surface area contributed by atoms with Crippen molar-refractivity contribution >= 4 is 17.3 Å². The zero-order valence-corrected chi connectivity index (χ0v) is 13.5. The summed E-state index contributed by atoms with van der Waals surface area (Å²) in [6.07, 6.45) is 0. The number of nitrogens with one attached hydrogen (secondary N) is 1. The van der Waals surface area contributed by atoms with E-state index >= 15 is 0 Å². The third-order valence-electron chi connectivity index (χ3n) is 3.25. The molecule has 0 bridgehead atoms. The highest BCUT2D eigenvalue weighted by molar-refractivity contribution is 6.05. The Labute approximate surface area is 139 Å². The molecule has 0 fully saturated rings. The predicted molar refractivity (Wildman–Crippen MR) is 92.5 cm³/mol. The molecule has 0 saturated carbocycles. The van der Waals surface area contributed by atoms with Gasteiger partial charge in [0.15, 0.2) is 0 Å². The molecule has 0 heterocycles. The third-order valence-corrected chi connectivity index (χ3v) is 3.25. The summed E-state index contributed by atoms with van der Waals surface area (Å²) in [4.78, 5) is 22.7. The molecular formula is C18H18N2O4. The molecule has 0 saturated heterocycles. The summed E-state index contributed by atoms with van der Waals surface area (Å²) in [6, 6.07) is 11.1. The largest absolute Gasteiger partial charge is 0.489 e. The minimum absolute atomic E-state index is 0.121. The Morgan fingerprint density at radius 1 is 1.29 bits per heavy atom. The highest BCUT2D eigenvalue weighted by Crippen LogP contribution is 2.21. The van der Waals surface area contributed by atoms with Gasteiger partial charge in [0, 0.05) is 29.4 Å². The number of hydrogen-bond donors (Lipinski definition) is 1. The fourth-order valence-corrected chi connectivity index (χ4v) is 2.04. The number of carbonyl (C=O) groups excluding carboxylic acids is 1. The molecule has 2 rings (SSSR count). The molecule has 6 heteroatoms. The van der Waals surface area contributed by atoms with Gasteiger partial charge in [-0.3, -0.25) is 14.9 Å². The second-order valence-electron chi connectivity index (χ2n) is 5.48. The first-order valence-electron chi connectivity index (χ1n) is 7.30. The Kier molecular flexibility index (Phi) is 5.31. The standard InChI is InChI=1S/C18H18N2O4/c1-12(2)11-24-16-6-4-5-14(9-16)19-18(21)17-10-15(20(22)23)8-7-13(17)3/h4-10H,1,11H2,2-3H3,(H,19,21). The van der Waals surface area contributed by atoms with Gasteiger partial charge in [-0.25, -0.2) is 0 Å². The first kappa shape index (κ1) is 17.2. The summed E-state index contributed by atoms with van der Waals surface area (Å²) in [6.45, 7) is 7.74. The van der Waals surface area contributed by atoms with Crippen LogP contribution in [0.2, 0.25) is 0 Å². The normalized spacial score (nSPS) is 10.1. The third kappa shape index (κ3) is 4.42. The zero-order chi connectivity index (χ0) is 17.7. The van der Waals surface area contributed by atoms with Gasteiger partial charge in [0.05, 0.1) is 4.92 Å². The smallest absolute Gasteiger partial charge is 0.270 e. The van der Waals surface area contributed by atoms with Gasteiger partial charge >= 0.3 is 0 Å². The van der Waals surface area contributed by atoms with Crippen molar-refractivity contribution < 1.29 is 14.5 Å². The molecule has 0 atom stereocenters. The van der Waals surface area contributed by atoms with E-state index < -0.39 is 10.8 Å². The fourth-order valence-electron chi connectivity index (χ4n) is 2.04. The van der Waals surface area contributed by atoms with Gasteiger partial charge < -0.3 is 10.1 Å². The molecule has 2 aromatic carbocycles. The first-order valence-corrected chi connectivity index (χ1v) is 7.30. The molecule has 24 heavy (non-hydrogen) atoms. The molecule has 0 aliphatic carbocycles. The number of aryl methyl sites for hydroxylation is 1. The number of rotatable bonds is 6. The lowest BCUT2D eigenvalue weighted by molar-refractivity contribution is -0.384. The van der Waals surface area contributed by atoms with Gasteiger partial charge in [-0.2, -0.15) is 0 Å². The number of ether oxygens (including phenoxy) is 1. The van der Waals surface area contributed by atoms with Crippen molar-refractivity contribution in [2.75, 3.05) is 11.9 Å². The molecule has 6 nitrogen and oxygen atoms in total. The van der Waals surface area contributed by atoms with Crippen LogP contribution in [0.1, 0.15) is 22.8 Å². The number of amides is 1. The first-order chi connectivity index (χ1) is 11.4. The molecule has 0 radical (unpaired) electrons. The van der Waals surface area contributed by atoms with Crippen LogP contribution < -0.4 is 10.1 Å². The molecule has 0 spiro atoms. The lowest BCUT2D eigenvalue weighted by Gasteiger charge is -2.10. The van der Waals surface area contributed by atoms with E-state index in [1.165, 1.54) is 12.1 Å². The van der Waals surface area contributed by atoms with E-state index in [9.17, 15) is 14.9 Å². The highest BCUT2D eigenvalue weighted by atomic mass is 16.6.